The van der Waals surface area contributed by atoms with Crippen molar-refractivity contribution in [1.82, 2.24) is 20.7 Å². The summed E-state index contributed by atoms with van der Waals surface area (Å²) in [6.07, 6.45) is 7.66. The van der Waals surface area contributed by atoms with Crippen LogP contribution < -0.4 is 10.6 Å². The van der Waals surface area contributed by atoms with Gasteiger partial charge in [0.25, 0.3) is 0 Å². The first-order valence-corrected chi connectivity index (χ1v) is 9.51. The fraction of sp³-hybridized carbons (Fsp3) is 0.778. The van der Waals surface area contributed by atoms with Gasteiger partial charge < -0.3 is 15.2 Å². The highest BCUT2D eigenvalue weighted by molar-refractivity contribution is 5.80. The van der Waals surface area contributed by atoms with Crippen LogP contribution in [-0.2, 0) is 13.0 Å². The number of likely N-dealkylation sites (tertiary alicyclic amines) is 1. The van der Waals surface area contributed by atoms with E-state index in [2.05, 4.69) is 39.5 Å². The maximum absolute atomic E-state index is 5.32. The Morgan fingerprint density at radius 2 is 2.17 bits per heavy atom. The molecule has 6 nitrogen and oxygen atoms in total. The number of nitrogens with zero attached hydrogens (tertiary/aromatic N) is 3. The van der Waals surface area contributed by atoms with E-state index in [0.29, 0.717) is 12.6 Å². The Labute approximate surface area is 145 Å². The summed E-state index contributed by atoms with van der Waals surface area (Å²) < 4.78 is 5.32. The second kappa shape index (κ2) is 8.51. The highest BCUT2D eigenvalue weighted by Crippen LogP contribution is 2.26. The summed E-state index contributed by atoms with van der Waals surface area (Å²) >= 11 is 0. The van der Waals surface area contributed by atoms with E-state index in [-0.39, 0.29) is 0 Å². The van der Waals surface area contributed by atoms with Crippen LogP contribution in [0.15, 0.2) is 15.6 Å². The van der Waals surface area contributed by atoms with E-state index < -0.39 is 0 Å². The molecular weight excluding hydrogens is 302 g/mol. The van der Waals surface area contributed by atoms with Crippen LogP contribution >= 0.6 is 0 Å². The molecule has 2 N–H and O–H groups in total. The zero-order valence-corrected chi connectivity index (χ0v) is 15.1. The van der Waals surface area contributed by atoms with E-state index >= 15 is 0 Å². The summed E-state index contributed by atoms with van der Waals surface area (Å²) in [5.74, 6) is 1.70. The smallest absolute Gasteiger partial charge is 0.191 e. The molecule has 1 aromatic rings. The monoisotopic (exact) mass is 333 g/mol. The summed E-state index contributed by atoms with van der Waals surface area (Å²) in [5, 5.41) is 11.0. The number of nitrogens with one attached hydrogen (secondary N) is 2. The van der Waals surface area contributed by atoms with Crippen molar-refractivity contribution in [2.24, 2.45) is 4.99 Å². The average Bonchev–Trinajstić information content (AvgIpc) is 3.33. The van der Waals surface area contributed by atoms with Crippen LogP contribution in [0.5, 0.6) is 0 Å². The van der Waals surface area contributed by atoms with Gasteiger partial charge in [0, 0.05) is 37.8 Å². The van der Waals surface area contributed by atoms with E-state index in [1.54, 1.807) is 0 Å². The van der Waals surface area contributed by atoms with Crippen LogP contribution in [0, 0.1) is 0 Å². The van der Waals surface area contributed by atoms with Crippen LogP contribution in [-0.4, -0.2) is 47.7 Å². The van der Waals surface area contributed by atoms with E-state index in [1.807, 2.05) is 6.07 Å². The number of aryl methyl sites for hydroxylation is 1. The molecule has 1 saturated heterocycles. The molecule has 0 spiro atoms. The molecule has 0 bridgehead atoms. The fourth-order valence-corrected chi connectivity index (χ4v) is 3.77. The third kappa shape index (κ3) is 4.50. The predicted molar refractivity (Wildman–Crippen MR) is 96.1 cm³/mol. The number of aliphatic imine (C=N–C) groups is 1. The molecule has 0 radical (unpaired) electrons. The first-order valence-electron chi connectivity index (χ1n) is 9.51. The molecule has 0 amide bonds. The van der Waals surface area contributed by atoms with Gasteiger partial charge >= 0.3 is 0 Å². The van der Waals surface area contributed by atoms with Crippen molar-refractivity contribution >= 4 is 5.96 Å². The van der Waals surface area contributed by atoms with Gasteiger partial charge in [-0.2, -0.15) is 0 Å². The summed E-state index contributed by atoms with van der Waals surface area (Å²) in [6, 6.07) is 3.30. The molecule has 2 aliphatic rings. The van der Waals surface area contributed by atoms with E-state index in [4.69, 9.17) is 4.52 Å². The highest BCUT2D eigenvalue weighted by atomic mass is 16.5. The summed E-state index contributed by atoms with van der Waals surface area (Å²) in [7, 11) is 0. The Hall–Kier alpha value is -1.56. The van der Waals surface area contributed by atoms with Gasteiger partial charge in [0.1, 0.15) is 6.54 Å². The van der Waals surface area contributed by atoms with Crippen LogP contribution in [0.4, 0.5) is 0 Å². The molecule has 2 fully saturated rings. The Bertz CT molecular complexity index is 535. The molecule has 1 atom stereocenters. The quantitative estimate of drug-likeness (QED) is 0.618. The van der Waals surface area contributed by atoms with Crippen molar-refractivity contribution in [2.75, 3.05) is 19.6 Å². The summed E-state index contributed by atoms with van der Waals surface area (Å²) in [4.78, 5) is 7.32. The first kappa shape index (κ1) is 17.3. The van der Waals surface area contributed by atoms with Gasteiger partial charge in [0.15, 0.2) is 11.7 Å². The number of guanidine groups is 1. The maximum Gasteiger partial charge on any atom is 0.191 e. The Morgan fingerprint density at radius 3 is 2.88 bits per heavy atom. The van der Waals surface area contributed by atoms with Gasteiger partial charge in [-0.1, -0.05) is 24.9 Å². The van der Waals surface area contributed by atoms with Gasteiger partial charge in [-0.25, -0.2) is 4.99 Å². The second-order valence-electron chi connectivity index (χ2n) is 6.90. The van der Waals surface area contributed by atoms with Crippen LogP contribution in [0.1, 0.15) is 57.4 Å². The highest BCUT2D eigenvalue weighted by Gasteiger charge is 2.30. The minimum Gasteiger partial charge on any atom is -0.359 e. The van der Waals surface area contributed by atoms with Gasteiger partial charge in [-0.15, -0.1) is 0 Å². The Kier molecular flexibility index (Phi) is 6.12. The molecule has 3 rings (SSSR count). The third-order valence-electron chi connectivity index (χ3n) is 5.11. The number of hydrogen-bond donors (Lipinski definition) is 2. The van der Waals surface area contributed by atoms with Crippen LogP contribution in [0.2, 0.25) is 0 Å². The topological polar surface area (TPSA) is 65.7 Å². The standard InChI is InChI=1S/C18H31N5O/c1-3-14-11-17(24-22-14)12-20-18(19-4-2)21-15-9-10-23(13-15)16-7-5-6-8-16/h11,15-16H,3-10,12-13H2,1-2H3,(H2,19,20,21). The molecule has 1 aromatic heterocycles. The van der Waals surface area contributed by atoms with Crippen LogP contribution in [0.3, 0.4) is 0 Å². The van der Waals surface area contributed by atoms with Crippen molar-refractivity contribution in [2.45, 2.75) is 71.0 Å². The third-order valence-corrected chi connectivity index (χ3v) is 5.11. The first-order chi connectivity index (χ1) is 11.8. The second-order valence-corrected chi connectivity index (χ2v) is 6.90. The molecule has 24 heavy (non-hydrogen) atoms. The van der Waals surface area contributed by atoms with Crippen molar-refractivity contribution in [3.63, 3.8) is 0 Å². The minimum absolute atomic E-state index is 0.490. The van der Waals surface area contributed by atoms with Crippen molar-refractivity contribution in [3.05, 3.63) is 17.5 Å². The summed E-state index contributed by atoms with van der Waals surface area (Å²) in [5.41, 5.74) is 0.987. The Morgan fingerprint density at radius 1 is 1.33 bits per heavy atom. The lowest BCUT2D eigenvalue weighted by Crippen LogP contribution is -2.45. The van der Waals surface area contributed by atoms with Crippen LogP contribution in [0.25, 0.3) is 0 Å². The number of hydrogen-bond acceptors (Lipinski definition) is 4. The molecule has 1 unspecified atom stereocenters. The molecule has 1 saturated carbocycles. The lowest BCUT2D eigenvalue weighted by Gasteiger charge is -2.24. The fourth-order valence-electron chi connectivity index (χ4n) is 3.77. The lowest BCUT2D eigenvalue weighted by atomic mass is 10.2. The average molecular weight is 333 g/mol. The van der Waals surface area contributed by atoms with Gasteiger partial charge in [-0.05, 0) is 32.6 Å². The predicted octanol–water partition coefficient (Wildman–Crippen LogP) is 2.31. The lowest BCUT2D eigenvalue weighted by molar-refractivity contribution is 0.242. The van der Waals surface area contributed by atoms with E-state index in [9.17, 15) is 0 Å². The van der Waals surface area contributed by atoms with E-state index in [1.165, 1.54) is 38.6 Å². The van der Waals surface area contributed by atoms with Crippen molar-refractivity contribution < 1.29 is 4.52 Å². The minimum atomic E-state index is 0.490. The van der Waals surface area contributed by atoms with Crippen molar-refractivity contribution in [1.29, 1.82) is 0 Å². The van der Waals surface area contributed by atoms with Gasteiger partial charge in [0.05, 0.1) is 5.69 Å². The number of rotatable bonds is 6. The molecule has 2 heterocycles. The SMILES string of the molecule is CCNC(=NCc1cc(CC)no1)NC1CCN(C2CCCC2)C1. The maximum atomic E-state index is 5.32. The molecule has 6 heteroatoms. The molecule has 1 aliphatic heterocycles. The molecule has 0 aromatic carbocycles. The largest absolute Gasteiger partial charge is 0.359 e. The van der Waals surface area contributed by atoms with Crippen molar-refractivity contribution in [3.8, 4) is 0 Å². The number of aromatic nitrogens is 1. The van der Waals surface area contributed by atoms with Gasteiger partial charge in [-0.3, -0.25) is 4.90 Å². The zero-order chi connectivity index (χ0) is 16.8. The normalized spacial score (nSPS) is 23.1. The van der Waals surface area contributed by atoms with Gasteiger partial charge in [0.2, 0.25) is 0 Å². The molecule has 134 valence electrons. The van der Waals surface area contributed by atoms with E-state index in [0.717, 1.165) is 43.0 Å². The molecular formula is C18H31N5O. The summed E-state index contributed by atoms with van der Waals surface area (Å²) in [6.45, 7) is 7.91. The molecule has 1 aliphatic carbocycles. The zero-order valence-electron chi connectivity index (χ0n) is 15.1. The Balaban J connectivity index is 1.52.